The Balaban J connectivity index is 3.31. The van der Waals surface area contributed by atoms with E-state index in [-0.39, 0.29) is 5.75 Å². The number of hydrogen-bond acceptors (Lipinski definition) is 3. The third-order valence-electron chi connectivity index (χ3n) is 1.60. The molecule has 0 heterocycles. The quantitative estimate of drug-likeness (QED) is 0.720. The molecule has 0 aromatic heterocycles. The van der Waals surface area contributed by atoms with E-state index in [1.807, 2.05) is 0 Å². The zero-order valence-corrected chi connectivity index (χ0v) is 7.84. The molecule has 0 aliphatic rings. The summed E-state index contributed by atoms with van der Waals surface area (Å²) in [5.74, 6) is 0.116. The number of hydrogen-bond donors (Lipinski definition) is 1. The number of nitrogens with zero attached hydrogens (tertiary/aromatic N) is 1. The Labute approximate surface area is 72.2 Å². The second kappa shape index (κ2) is 3.15. The van der Waals surface area contributed by atoms with Gasteiger partial charge in [0, 0.05) is 13.3 Å². The van der Waals surface area contributed by atoms with Crippen LogP contribution >= 0.6 is 0 Å². The van der Waals surface area contributed by atoms with E-state index in [2.05, 4.69) is 4.36 Å². The summed E-state index contributed by atoms with van der Waals surface area (Å²) in [6.07, 6.45) is 1.54. The minimum Gasteiger partial charge on any atom is -0.508 e. The summed E-state index contributed by atoms with van der Waals surface area (Å²) in [4.78, 5) is 0.560. The number of aromatic hydroxyl groups is 1. The number of benzene rings is 1. The summed E-state index contributed by atoms with van der Waals surface area (Å²) in [6.45, 7) is 0. The van der Waals surface area contributed by atoms with Crippen LogP contribution < -0.4 is 0 Å². The van der Waals surface area contributed by atoms with Gasteiger partial charge < -0.3 is 5.11 Å². The average molecular weight is 185 g/mol. The third kappa shape index (κ3) is 1.76. The van der Waals surface area contributed by atoms with Gasteiger partial charge in [0.1, 0.15) is 5.75 Å². The van der Waals surface area contributed by atoms with E-state index in [0.717, 1.165) is 0 Å². The molecule has 0 amide bonds. The first kappa shape index (κ1) is 9.06. The van der Waals surface area contributed by atoms with Crippen LogP contribution in [0.1, 0.15) is 0 Å². The van der Waals surface area contributed by atoms with Crippen molar-refractivity contribution in [3.63, 3.8) is 0 Å². The van der Waals surface area contributed by atoms with Crippen molar-refractivity contribution >= 4 is 9.73 Å². The molecule has 0 saturated heterocycles. The summed E-state index contributed by atoms with van der Waals surface area (Å²) in [5, 5.41) is 9.10. The fourth-order valence-corrected chi connectivity index (χ4v) is 1.71. The molecule has 3 nitrogen and oxygen atoms in total. The van der Waals surface area contributed by atoms with Crippen molar-refractivity contribution in [1.82, 2.24) is 0 Å². The molecule has 4 heteroatoms. The predicted octanol–water partition coefficient (Wildman–Crippen LogP) is 1.48. The standard InChI is InChI=1S/C8H11NO2S/c1-9-12(2,11)8-5-3-4-7(10)6-8/h3-6,10H,1-2H3/t12-/m1/s1. The minimum absolute atomic E-state index is 0.116. The molecule has 0 bridgehead atoms. The van der Waals surface area contributed by atoms with E-state index in [0.29, 0.717) is 4.90 Å². The lowest BCUT2D eigenvalue weighted by molar-refractivity contribution is 0.473. The summed E-state index contributed by atoms with van der Waals surface area (Å²) in [6, 6.07) is 6.35. The molecule has 0 fully saturated rings. The highest BCUT2D eigenvalue weighted by Gasteiger charge is 2.03. The monoisotopic (exact) mass is 185 g/mol. The molecule has 1 rings (SSSR count). The van der Waals surface area contributed by atoms with Gasteiger partial charge in [0.2, 0.25) is 0 Å². The molecule has 1 aromatic carbocycles. The van der Waals surface area contributed by atoms with Crippen molar-refractivity contribution < 1.29 is 9.32 Å². The molecule has 0 unspecified atom stereocenters. The maximum atomic E-state index is 11.6. The molecule has 0 spiro atoms. The molecule has 1 atom stereocenters. The Morgan fingerprint density at radius 2 is 2.17 bits per heavy atom. The summed E-state index contributed by atoms with van der Waals surface area (Å²) in [7, 11) is -0.799. The van der Waals surface area contributed by atoms with Crippen molar-refractivity contribution in [2.45, 2.75) is 4.90 Å². The van der Waals surface area contributed by atoms with E-state index >= 15 is 0 Å². The second-order valence-corrected chi connectivity index (χ2v) is 4.92. The summed E-state index contributed by atoms with van der Waals surface area (Å²) >= 11 is 0. The van der Waals surface area contributed by atoms with Gasteiger partial charge in [-0.2, -0.15) is 0 Å². The van der Waals surface area contributed by atoms with E-state index in [4.69, 9.17) is 5.11 Å². The maximum absolute atomic E-state index is 11.6. The topological polar surface area (TPSA) is 49.7 Å². The fraction of sp³-hybridized carbons (Fsp3) is 0.250. The van der Waals surface area contributed by atoms with Crippen LogP contribution in [0, 0.1) is 0 Å². The molecule has 0 aliphatic heterocycles. The van der Waals surface area contributed by atoms with E-state index < -0.39 is 9.73 Å². The molecular weight excluding hydrogens is 174 g/mol. The van der Waals surface area contributed by atoms with Gasteiger partial charge in [0.05, 0.1) is 14.6 Å². The third-order valence-corrected chi connectivity index (χ3v) is 3.43. The lowest BCUT2D eigenvalue weighted by Gasteiger charge is -2.02. The molecule has 66 valence electrons. The van der Waals surface area contributed by atoms with Crippen LogP contribution in [0.25, 0.3) is 0 Å². The number of phenols is 1. The van der Waals surface area contributed by atoms with E-state index in [1.165, 1.54) is 19.2 Å². The van der Waals surface area contributed by atoms with Gasteiger partial charge in [-0.25, -0.2) is 8.57 Å². The largest absolute Gasteiger partial charge is 0.508 e. The lowest BCUT2D eigenvalue weighted by atomic mass is 10.3. The fourth-order valence-electron chi connectivity index (χ4n) is 0.825. The Bertz CT molecular complexity index is 392. The minimum atomic E-state index is -2.31. The molecule has 1 N–H and O–H groups in total. The van der Waals surface area contributed by atoms with Gasteiger partial charge in [-0.15, -0.1) is 0 Å². The Morgan fingerprint density at radius 1 is 1.50 bits per heavy atom. The first-order valence-corrected chi connectivity index (χ1v) is 5.38. The first-order valence-electron chi connectivity index (χ1n) is 3.45. The maximum Gasteiger partial charge on any atom is 0.116 e. The summed E-state index contributed by atoms with van der Waals surface area (Å²) < 4.78 is 15.4. The molecular formula is C8H11NO2S. The zero-order valence-electron chi connectivity index (χ0n) is 7.02. The molecule has 0 aliphatic carbocycles. The van der Waals surface area contributed by atoms with Crippen LogP contribution in [0.4, 0.5) is 0 Å². The Kier molecular flexibility index (Phi) is 2.38. The van der Waals surface area contributed by atoms with Gasteiger partial charge in [0.25, 0.3) is 0 Å². The molecule has 12 heavy (non-hydrogen) atoms. The van der Waals surface area contributed by atoms with Crippen molar-refractivity contribution in [3.05, 3.63) is 24.3 Å². The molecule has 1 aromatic rings. The SMILES string of the molecule is CN=[S@](C)(=O)c1cccc(O)c1. The highest BCUT2D eigenvalue weighted by atomic mass is 32.2. The van der Waals surface area contributed by atoms with Crippen molar-refractivity contribution in [2.75, 3.05) is 13.3 Å². The number of phenolic OH excluding ortho intramolecular Hbond substituents is 1. The molecule has 0 radical (unpaired) electrons. The van der Waals surface area contributed by atoms with Crippen LogP contribution in [0.2, 0.25) is 0 Å². The smallest absolute Gasteiger partial charge is 0.116 e. The second-order valence-electron chi connectivity index (χ2n) is 2.48. The average Bonchev–Trinajstić information content (AvgIpc) is 2.05. The van der Waals surface area contributed by atoms with Crippen LogP contribution in [0.15, 0.2) is 33.5 Å². The van der Waals surface area contributed by atoms with Crippen LogP contribution in [0.3, 0.4) is 0 Å². The first-order chi connectivity index (χ1) is 5.56. The van der Waals surface area contributed by atoms with Crippen molar-refractivity contribution in [1.29, 1.82) is 0 Å². The summed E-state index contributed by atoms with van der Waals surface area (Å²) in [5.41, 5.74) is 0. The lowest BCUT2D eigenvalue weighted by Crippen LogP contribution is -1.95. The van der Waals surface area contributed by atoms with Crippen molar-refractivity contribution in [2.24, 2.45) is 4.36 Å². The Morgan fingerprint density at radius 3 is 2.67 bits per heavy atom. The van der Waals surface area contributed by atoms with Gasteiger partial charge in [0.15, 0.2) is 0 Å². The van der Waals surface area contributed by atoms with Crippen LogP contribution in [0.5, 0.6) is 5.75 Å². The van der Waals surface area contributed by atoms with Crippen LogP contribution in [-0.2, 0) is 9.73 Å². The predicted molar refractivity (Wildman–Crippen MR) is 48.8 cm³/mol. The van der Waals surface area contributed by atoms with Gasteiger partial charge in [-0.3, -0.25) is 0 Å². The highest BCUT2D eigenvalue weighted by Crippen LogP contribution is 2.16. The van der Waals surface area contributed by atoms with Gasteiger partial charge in [-0.05, 0) is 18.2 Å². The zero-order chi connectivity index (χ0) is 9.19. The highest BCUT2D eigenvalue weighted by molar-refractivity contribution is 7.93. The Hall–Kier alpha value is -1.03. The van der Waals surface area contributed by atoms with Crippen LogP contribution in [-0.4, -0.2) is 22.6 Å². The van der Waals surface area contributed by atoms with Gasteiger partial charge in [-0.1, -0.05) is 6.07 Å². The van der Waals surface area contributed by atoms with Gasteiger partial charge >= 0.3 is 0 Å². The number of rotatable bonds is 1. The van der Waals surface area contributed by atoms with E-state index in [9.17, 15) is 4.21 Å². The molecule has 0 saturated carbocycles. The van der Waals surface area contributed by atoms with Crippen molar-refractivity contribution in [3.8, 4) is 5.75 Å². The normalized spacial score (nSPS) is 15.2. The van der Waals surface area contributed by atoms with E-state index in [1.54, 1.807) is 18.4 Å².